The molecule has 1 aliphatic rings. The smallest absolute Gasteiger partial charge is 0.320 e. The predicted molar refractivity (Wildman–Crippen MR) is 171 cm³/mol. The summed E-state index contributed by atoms with van der Waals surface area (Å²) in [5.74, 6) is -15.2. The first-order chi connectivity index (χ1) is 24.3. The van der Waals surface area contributed by atoms with Crippen molar-refractivity contribution in [2.75, 3.05) is 20.3 Å². The Morgan fingerprint density at radius 2 is 1.63 bits per heavy atom. The number of ether oxygens (including phenoxy) is 4. The third-order valence-electron chi connectivity index (χ3n) is 8.59. The zero-order valence-electron chi connectivity index (χ0n) is 28.5. The van der Waals surface area contributed by atoms with Gasteiger partial charge in [0.1, 0.15) is 17.9 Å². The van der Waals surface area contributed by atoms with Gasteiger partial charge in [0.2, 0.25) is 46.6 Å². The molecule has 2 N–H and O–H groups in total. The largest absolute Gasteiger partial charge is 0.497 e. The van der Waals surface area contributed by atoms with Gasteiger partial charge in [-0.15, -0.1) is 5.10 Å². The molecule has 1 aliphatic heterocycles. The molecule has 2 heterocycles. The highest BCUT2D eigenvalue weighted by molar-refractivity contribution is 5.95. The Balaban J connectivity index is 1.20. The Bertz CT molecular complexity index is 1660. The van der Waals surface area contributed by atoms with Crippen LogP contribution in [0.25, 0.3) is 11.3 Å². The van der Waals surface area contributed by atoms with Crippen molar-refractivity contribution in [1.82, 2.24) is 25.6 Å². The number of methoxy groups -OCH3 is 1. The van der Waals surface area contributed by atoms with Gasteiger partial charge >= 0.3 is 5.97 Å². The minimum atomic E-state index is -2.40. The molecule has 0 saturated carbocycles. The maximum Gasteiger partial charge on any atom is 0.320 e. The molecule has 5 atom stereocenters. The van der Waals surface area contributed by atoms with Gasteiger partial charge in [-0.3, -0.25) is 14.4 Å². The number of carbonyl (C=O) groups is 3. The molecule has 0 bridgehead atoms. The van der Waals surface area contributed by atoms with Gasteiger partial charge in [-0.2, -0.15) is 8.78 Å². The van der Waals surface area contributed by atoms with Crippen LogP contribution in [-0.4, -0.2) is 71.5 Å². The minimum absolute atomic E-state index is 0.0102. The van der Waals surface area contributed by atoms with Crippen LogP contribution >= 0.6 is 0 Å². The van der Waals surface area contributed by atoms with Crippen LogP contribution in [0.1, 0.15) is 52.9 Å². The Morgan fingerprint density at radius 3 is 2.31 bits per heavy atom. The molecule has 4 rings (SSSR count). The van der Waals surface area contributed by atoms with E-state index in [9.17, 15) is 36.3 Å². The van der Waals surface area contributed by atoms with Gasteiger partial charge in [0.25, 0.3) is 0 Å². The number of nitrogens with zero attached hydrogens (tertiary/aromatic N) is 3. The number of rotatable bonds is 16. The second-order valence-corrected chi connectivity index (χ2v) is 12.2. The van der Waals surface area contributed by atoms with Gasteiger partial charge in [0.15, 0.2) is 6.29 Å². The minimum Gasteiger partial charge on any atom is -0.497 e. The SMILES string of the molecule is COc1cccc(-c2cn(CC3OC(OCCCCCCNC(=O)CC(=O)Oc4c(F)c(F)c(F)c(F)c4F)C(NC(C)=O)C(C)C3C)nn2)c1. The van der Waals surface area contributed by atoms with Crippen LogP contribution in [0.2, 0.25) is 0 Å². The van der Waals surface area contributed by atoms with Gasteiger partial charge < -0.3 is 29.6 Å². The number of hydrogen-bond donors (Lipinski definition) is 2. The summed E-state index contributed by atoms with van der Waals surface area (Å²) in [6.07, 6.45) is 2.36. The number of unbranched alkanes of at least 4 members (excludes halogenated alkanes) is 3. The molecule has 1 aromatic heterocycles. The first kappa shape index (κ1) is 39.2. The fraction of sp³-hybridized carbons (Fsp3) is 0.500. The normalized spacial score (nSPS) is 20.1. The lowest BCUT2D eigenvalue weighted by molar-refractivity contribution is -0.239. The van der Waals surface area contributed by atoms with E-state index >= 15 is 0 Å². The maximum absolute atomic E-state index is 13.7. The van der Waals surface area contributed by atoms with Crippen LogP contribution < -0.4 is 20.1 Å². The topological polar surface area (TPSA) is 143 Å². The van der Waals surface area contributed by atoms with Crippen molar-refractivity contribution >= 4 is 17.8 Å². The van der Waals surface area contributed by atoms with Gasteiger partial charge in [-0.1, -0.05) is 44.0 Å². The highest BCUT2D eigenvalue weighted by Crippen LogP contribution is 2.33. The molecule has 278 valence electrons. The number of amides is 2. The van der Waals surface area contributed by atoms with Crippen LogP contribution in [0.15, 0.2) is 30.5 Å². The lowest BCUT2D eigenvalue weighted by atomic mass is 9.82. The summed E-state index contributed by atoms with van der Waals surface area (Å²) in [7, 11) is 1.59. The van der Waals surface area contributed by atoms with E-state index in [1.54, 1.807) is 11.8 Å². The Morgan fingerprint density at radius 1 is 0.941 bits per heavy atom. The van der Waals surface area contributed by atoms with Crippen molar-refractivity contribution in [3.8, 4) is 22.8 Å². The lowest BCUT2D eigenvalue weighted by Gasteiger charge is -2.44. The summed E-state index contributed by atoms with van der Waals surface area (Å²) < 4.78 is 90.9. The second-order valence-electron chi connectivity index (χ2n) is 12.2. The van der Waals surface area contributed by atoms with Crippen LogP contribution in [0.5, 0.6) is 11.5 Å². The fourth-order valence-corrected chi connectivity index (χ4v) is 5.59. The summed E-state index contributed by atoms with van der Waals surface area (Å²) >= 11 is 0. The molecule has 5 unspecified atom stereocenters. The average molecular weight is 726 g/mol. The van der Waals surface area contributed by atoms with E-state index in [1.807, 2.05) is 37.4 Å². The Hall–Kier alpha value is -4.64. The van der Waals surface area contributed by atoms with E-state index in [1.165, 1.54) is 6.92 Å². The quantitative estimate of drug-likeness (QED) is 0.0404. The van der Waals surface area contributed by atoms with Crippen LogP contribution in [0, 0.1) is 40.9 Å². The molecule has 0 aliphatic carbocycles. The number of esters is 1. The van der Waals surface area contributed by atoms with Crippen molar-refractivity contribution in [1.29, 1.82) is 0 Å². The van der Waals surface area contributed by atoms with Crippen molar-refractivity contribution in [3.63, 3.8) is 0 Å². The summed E-state index contributed by atoms with van der Waals surface area (Å²) in [4.78, 5) is 35.9. The number of hydrogen-bond acceptors (Lipinski definition) is 9. The van der Waals surface area contributed by atoms with E-state index in [0.29, 0.717) is 50.3 Å². The van der Waals surface area contributed by atoms with Crippen molar-refractivity contribution in [2.45, 2.75) is 77.9 Å². The number of benzene rings is 2. The number of halogens is 5. The van der Waals surface area contributed by atoms with Crippen molar-refractivity contribution < 1.29 is 55.3 Å². The third kappa shape index (κ3) is 10.2. The average Bonchev–Trinajstić information content (AvgIpc) is 3.58. The summed E-state index contributed by atoms with van der Waals surface area (Å²) in [6.45, 7) is 6.42. The molecule has 0 spiro atoms. The molecule has 12 nitrogen and oxygen atoms in total. The van der Waals surface area contributed by atoms with Gasteiger partial charge in [-0.25, -0.2) is 17.9 Å². The molecule has 17 heteroatoms. The third-order valence-corrected chi connectivity index (χ3v) is 8.59. The molecule has 2 amide bonds. The molecule has 51 heavy (non-hydrogen) atoms. The molecular formula is C34H40F5N5O7. The van der Waals surface area contributed by atoms with Gasteiger partial charge in [-0.05, 0) is 36.8 Å². The van der Waals surface area contributed by atoms with Gasteiger partial charge in [0.05, 0.1) is 32.0 Å². The highest BCUT2D eigenvalue weighted by atomic mass is 19.2. The number of aromatic nitrogens is 3. The number of carbonyl (C=O) groups excluding carboxylic acids is 3. The fourth-order valence-electron chi connectivity index (χ4n) is 5.59. The van der Waals surface area contributed by atoms with E-state index in [2.05, 4.69) is 32.6 Å². The molecule has 1 saturated heterocycles. The summed E-state index contributed by atoms with van der Waals surface area (Å²) in [5.41, 5.74) is 1.54. The van der Waals surface area contributed by atoms with E-state index in [4.69, 9.17) is 14.2 Å². The highest BCUT2D eigenvalue weighted by Gasteiger charge is 2.42. The van der Waals surface area contributed by atoms with E-state index in [-0.39, 0.29) is 36.4 Å². The molecular weight excluding hydrogens is 685 g/mol. The maximum atomic E-state index is 13.7. The first-order valence-corrected chi connectivity index (χ1v) is 16.4. The standard InChI is InChI=1S/C34H40F5N5O7/c1-18-19(2)32(41-20(3)45)34(50-24(18)17-44-16-23(42-43-44)21-10-9-11-22(14-21)48-4)49-13-8-6-5-7-12-40-25(46)15-26(47)51-33-30(38)28(36)27(35)29(37)31(33)39/h9-11,14,16,18-19,24,32,34H,5-8,12-13,15,17H2,1-4H3,(H,40,46)(H,41,45). The Labute approximate surface area is 291 Å². The number of nitrogens with one attached hydrogen (secondary N) is 2. The van der Waals surface area contributed by atoms with Gasteiger partial charge in [0, 0.05) is 25.6 Å². The predicted octanol–water partition coefficient (Wildman–Crippen LogP) is 4.84. The van der Waals surface area contributed by atoms with E-state index < -0.39 is 59.4 Å². The summed E-state index contributed by atoms with van der Waals surface area (Å²) in [6, 6.07) is 7.12. The molecule has 1 fully saturated rings. The molecule has 0 radical (unpaired) electrons. The summed E-state index contributed by atoms with van der Waals surface area (Å²) in [5, 5.41) is 14.0. The van der Waals surface area contributed by atoms with Crippen molar-refractivity contribution in [3.05, 3.63) is 59.5 Å². The first-order valence-electron chi connectivity index (χ1n) is 16.4. The van der Waals surface area contributed by atoms with Crippen LogP contribution in [-0.2, 0) is 30.4 Å². The van der Waals surface area contributed by atoms with Crippen molar-refractivity contribution in [2.24, 2.45) is 11.8 Å². The zero-order valence-corrected chi connectivity index (χ0v) is 28.5. The van der Waals surface area contributed by atoms with Crippen LogP contribution in [0.4, 0.5) is 22.0 Å². The lowest BCUT2D eigenvalue weighted by Crippen LogP contribution is -2.58. The second kappa shape index (κ2) is 18.0. The Kier molecular flexibility index (Phi) is 13.8. The van der Waals surface area contributed by atoms with Crippen LogP contribution in [0.3, 0.4) is 0 Å². The molecule has 2 aromatic carbocycles. The monoisotopic (exact) mass is 725 g/mol. The zero-order chi connectivity index (χ0) is 37.2. The van der Waals surface area contributed by atoms with E-state index in [0.717, 1.165) is 5.56 Å². The molecule has 3 aromatic rings.